The highest BCUT2D eigenvalue weighted by Gasteiger charge is 2.01. The number of halogens is 1. The summed E-state index contributed by atoms with van der Waals surface area (Å²) in [4.78, 5) is 3.87. The van der Waals surface area contributed by atoms with Crippen molar-refractivity contribution in [1.29, 1.82) is 0 Å². The summed E-state index contributed by atoms with van der Waals surface area (Å²) in [7, 11) is 1.82. The van der Waals surface area contributed by atoms with Crippen molar-refractivity contribution in [3.8, 4) is 0 Å². The maximum Gasteiger partial charge on any atom is 0.129 e. The molecular weight excluding hydrogens is 186 g/mol. The molecule has 1 aromatic rings. The summed E-state index contributed by atoms with van der Waals surface area (Å²) in [6.07, 6.45) is 5.29. The molecule has 70 valence electrons. The summed E-state index contributed by atoms with van der Waals surface area (Å²) in [5.41, 5.74) is 6.79. The fraction of sp³-hybridized carbons (Fsp3) is 0.222. The molecule has 0 bridgehead atoms. The van der Waals surface area contributed by atoms with Crippen LogP contribution in [0.1, 0.15) is 11.6 Å². The van der Waals surface area contributed by atoms with Gasteiger partial charge in [0.25, 0.3) is 0 Å². The van der Waals surface area contributed by atoms with Crippen molar-refractivity contribution in [1.82, 2.24) is 10.3 Å². The van der Waals surface area contributed by atoms with Crippen molar-refractivity contribution in [3.63, 3.8) is 0 Å². The molecule has 4 heteroatoms. The van der Waals surface area contributed by atoms with Gasteiger partial charge in [-0.05, 0) is 30.0 Å². The van der Waals surface area contributed by atoms with Crippen LogP contribution in [-0.4, -0.2) is 12.0 Å². The fourth-order valence-corrected chi connectivity index (χ4v) is 1.12. The van der Waals surface area contributed by atoms with Gasteiger partial charge < -0.3 is 11.1 Å². The topological polar surface area (TPSA) is 50.9 Å². The van der Waals surface area contributed by atoms with Crippen molar-refractivity contribution in [2.45, 2.75) is 6.04 Å². The minimum Gasteiger partial charge on any atom is -0.394 e. The second-order valence-corrected chi connectivity index (χ2v) is 2.97. The number of hydrogen-bond donors (Lipinski definition) is 2. The first kappa shape index (κ1) is 10.0. The Morgan fingerprint density at radius 2 is 2.46 bits per heavy atom. The minimum atomic E-state index is -0.145. The third kappa shape index (κ3) is 3.05. The highest BCUT2D eigenvalue weighted by Crippen LogP contribution is 2.14. The van der Waals surface area contributed by atoms with Crippen LogP contribution in [-0.2, 0) is 0 Å². The second-order valence-electron chi connectivity index (χ2n) is 2.59. The smallest absolute Gasteiger partial charge is 0.129 e. The predicted octanol–water partition coefficient (Wildman–Crippen LogP) is 1.47. The van der Waals surface area contributed by atoms with Gasteiger partial charge in [0.05, 0.1) is 0 Å². The summed E-state index contributed by atoms with van der Waals surface area (Å²) < 4.78 is 0. The molecule has 1 unspecified atom stereocenters. The Morgan fingerprint density at radius 3 is 3.08 bits per heavy atom. The van der Waals surface area contributed by atoms with Gasteiger partial charge in [0, 0.05) is 19.3 Å². The van der Waals surface area contributed by atoms with Gasteiger partial charge >= 0.3 is 0 Å². The fourth-order valence-electron chi connectivity index (χ4n) is 0.936. The summed E-state index contributed by atoms with van der Waals surface area (Å²) in [6.45, 7) is 0. The molecule has 1 atom stereocenters. The van der Waals surface area contributed by atoms with Gasteiger partial charge in [-0.1, -0.05) is 11.6 Å². The van der Waals surface area contributed by atoms with Crippen molar-refractivity contribution in [2.24, 2.45) is 5.73 Å². The van der Waals surface area contributed by atoms with E-state index in [1.54, 1.807) is 18.5 Å². The van der Waals surface area contributed by atoms with Crippen LogP contribution >= 0.6 is 11.6 Å². The molecule has 0 aliphatic rings. The quantitative estimate of drug-likeness (QED) is 0.722. The highest BCUT2D eigenvalue weighted by molar-refractivity contribution is 6.29. The van der Waals surface area contributed by atoms with Crippen molar-refractivity contribution >= 4 is 11.6 Å². The lowest BCUT2D eigenvalue weighted by atomic mass is 10.1. The number of hydrogen-bond acceptors (Lipinski definition) is 3. The Labute approximate surface area is 82.6 Å². The van der Waals surface area contributed by atoms with Gasteiger partial charge in [-0.2, -0.15) is 0 Å². The molecule has 1 heterocycles. The van der Waals surface area contributed by atoms with E-state index in [4.69, 9.17) is 17.3 Å². The zero-order valence-electron chi connectivity index (χ0n) is 7.37. The number of rotatable bonds is 3. The van der Waals surface area contributed by atoms with Gasteiger partial charge in [0.15, 0.2) is 0 Å². The summed E-state index contributed by atoms with van der Waals surface area (Å²) in [5, 5.41) is 3.34. The van der Waals surface area contributed by atoms with E-state index >= 15 is 0 Å². The third-order valence-electron chi connectivity index (χ3n) is 1.61. The number of nitrogens with two attached hydrogens (primary N) is 1. The first-order valence-electron chi connectivity index (χ1n) is 3.95. The van der Waals surface area contributed by atoms with Crippen LogP contribution in [0.5, 0.6) is 0 Å². The van der Waals surface area contributed by atoms with Crippen molar-refractivity contribution in [2.75, 3.05) is 7.05 Å². The normalized spacial score (nSPS) is 13.2. The van der Waals surface area contributed by atoms with Gasteiger partial charge in [0.2, 0.25) is 0 Å². The van der Waals surface area contributed by atoms with Crippen molar-refractivity contribution in [3.05, 3.63) is 41.3 Å². The maximum absolute atomic E-state index is 5.84. The highest BCUT2D eigenvalue weighted by atomic mass is 35.5. The van der Waals surface area contributed by atoms with Crippen molar-refractivity contribution < 1.29 is 0 Å². The lowest BCUT2D eigenvalue weighted by Gasteiger charge is -2.06. The summed E-state index contributed by atoms with van der Waals surface area (Å²) in [5.74, 6) is 0. The van der Waals surface area contributed by atoms with E-state index in [0.717, 1.165) is 5.56 Å². The zero-order valence-corrected chi connectivity index (χ0v) is 8.12. The number of pyridine rings is 1. The molecule has 0 aliphatic carbocycles. The van der Waals surface area contributed by atoms with E-state index < -0.39 is 0 Å². The average Bonchev–Trinajstić information content (AvgIpc) is 2.14. The summed E-state index contributed by atoms with van der Waals surface area (Å²) in [6, 6.07) is 3.45. The lowest BCUT2D eigenvalue weighted by molar-refractivity contribution is 0.892. The molecule has 1 aromatic heterocycles. The Balaban J connectivity index is 2.76. The van der Waals surface area contributed by atoms with Crippen LogP contribution in [0.4, 0.5) is 0 Å². The predicted molar refractivity (Wildman–Crippen MR) is 54.4 cm³/mol. The molecule has 0 aliphatic heterocycles. The third-order valence-corrected chi connectivity index (χ3v) is 1.81. The Bertz CT molecular complexity index is 299. The molecule has 0 amide bonds. The van der Waals surface area contributed by atoms with Gasteiger partial charge in [0.1, 0.15) is 5.15 Å². The van der Waals surface area contributed by atoms with Crippen LogP contribution in [0.3, 0.4) is 0 Å². The van der Waals surface area contributed by atoms with E-state index in [1.165, 1.54) is 0 Å². The Morgan fingerprint density at radius 1 is 1.69 bits per heavy atom. The molecule has 0 fully saturated rings. The first-order chi connectivity index (χ1) is 6.24. The lowest BCUT2D eigenvalue weighted by Crippen LogP contribution is -2.08. The minimum absolute atomic E-state index is 0.145. The van der Waals surface area contributed by atoms with Crippen LogP contribution in [0.15, 0.2) is 30.6 Å². The molecule has 0 saturated carbocycles. The molecule has 0 spiro atoms. The van der Waals surface area contributed by atoms with E-state index in [2.05, 4.69) is 10.3 Å². The SMILES string of the molecule is CN/C=C\C(N)c1ccnc(Cl)c1. The van der Waals surface area contributed by atoms with Gasteiger partial charge in [-0.15, -0.1) is 0 Å². The standard InChI is InChI=1S/C9H12ClN3/c1-12-4-3-8(11)7-2-5-13-9(10)6-7/h2-6,8,12H,11H2,1H3/b4-3-. The van der Waals surface area contributed by atoms with E-state index in [1.807, 2.05) is 19.2 Å². The molecular formula is C9H12ClN3. The Hall–Kier alpha value is -1.06. The number of nitrogens with one attached hydrogen (secondary N) is 1. The largest absolute Gasteiger partial charge is 0.394 e. The first-order valence-corrected chi connectivity index (χ1v) is 4.33. The summed E-state index contributed by atoms with van der Waals surface area (Å²) >= 11 is 5.72. The van der Waals surface area contributed by atoms with Crippen LogP contribution in [0.25, 0.3) is 0 Å². The van der Waals surface area contributed by atoms with Crippen LogP contribution in [0.2, 0.25) is 5.15 Å². The Kier molecular flexibility index (Phi) is 3.73. The molecule has 3 N–H and O–H groups in total. The monoisotopic (exact) mass is 197 g/mol. The molecule has 0 aromatic carbocycles. The average molecular weight is 198 g/mol. The van der Waals surface area contributed by atoms with E-state index in [0.29, 0.717) is 5.15 Å². The van der Waals surface area contributed by atoms with E-state index in [9.17, 15) is 0 Å². The molecule has 1 rings (SSSR count). The van der Waals surface area contributed by atoms with Gasteiger partial charge in [-0.25, -0.2) is 4.98 Å². The van der Waals surface area contributed by atoms with E-state index in [-0.39, 0.29) is 6.04 Å². The molecule has 13 heavy (non-hydrogen) atoms. The molecule has 3 nitrogen and oxygen atoms in total. The van der Waals surface area contributed by atoms with Gasteiger partial charge in [-0.3, -0.25) is 0 Å². The zero-order chi connectivity index (χ0) is 9.68. The number of nitrogens with zero attached hydrogens (tertiary/aromatic N) is 1. The van der Waals surface area contributed by atoms with Crippen LogP contribution in [0, 0.1) is 0 Å². The molecule has 0 radical (unpaired) electrons. The molecule has 0 saturated heterocycles. The number of aromatic nitrogens is 1. The maximum atomic E-state index is 5.84. The van der Waals surface area contributed by atoms with Crippen LogP contribution < -0.4 is 11.1 Å². The second kappa shape index (κ2) is 4.84.